The lowest BCUT2D eigenvalue weighted by molar-refractivity contribution is 0.0697. The van der Waals surface area contributed by atoms with E-state index < -0.39 is 5.97 Å². The summed E-state index contributed by atoms with van der Waals surface area (Å²) in [5.41, 5.74) is 4.99. The highest BCUT2D eigenvalue weighted by Gasteiger charge is 2.42. The number of aromatic carboxylic acids is 1. The maximum Gasteiger partial charge on any atom is 0.337 e. The minimum absolute atomic E-state index is 0.0911. The number of carboxylic acids is 1. The molecule has 6 nitrogen and oxygen atoms in total. The number of carboxylic acid groups (broad SMARTS) is 1. The van der Waals surface area contributed by atoms with E-state index in [1.165, 1.54) is 13.2 Å². The Bertz CT molecular complexity index is 1080. The van der Waals surface area contributed by atoms with Crippen LogP contribution in [0.4, 0.5) is 11.5 Å². The van der Waals surface area contributed by atoms with Crippen LogP contribution in [0.5, 0.6) is 5.75 Å². The predicted molar refractivity (Wildman–Crippen MR) is 113 cm³/mol. The first-order chi connectivity index (χ1) is 13.8. The summed E-state index contributed by atoms with van der Waals surface area (Å²) in [7, 11) is 1.52. The molecule has 0 radical (unpaired) electrons. The first kappa shape index (κ1) is 19.1. The van der Waals surface area contributed by atoms with Gasteiger partial charge >= 0.3 is 5.97 Å². The van der Waals surface area contributed by atoms with E-state index in [0.717, 1.165) is 41.2 Å². The molecule has 1 saturated carbocycles. The maximum absolute atomic E-state index is 11.8. The standard InChI is InChI=1S/C23H25N3O3/c1-14-6-5-7-15(2)21(14)26-20(13-19(25-26)23(3)10-11-23)24-18-9-8-16(29-4)12-17(18)22(27)28/h5-9,12-13,24H,10-11H2,1-4H3,(H,27,28). The highest BCUT2D eigenvalue weighted by molar-refractivity contribution is 5.95. The summed E-state index contributed by atoms with van der Waals surface area (Å²) in [5.74, 6) is 0.236. The molecule has 1 aliphatic carbocycles. The fourth-order valence-corrected chi connectivity index (χ4v) is 3.59. The van der Waals surface area contributed by atoms with Gasteiger partial charge in [0, 0.05) is 11.5 Å². The van der Waals surface area contributed by atoms with Crippen LogP contribution in [0.2, 0.25) is 0 Å². The average molecular weight is 391 g/mol. The van der Waals surface area contributed by atoms with Gasteiger partial charge in [0.1, 0.15) is 11.6 Å². The molecule has 1 aromatic heterocycles. The van der Waals surface area contributed by atoms with Gasteiger partial charge in [0.25, 0.3) is 0 Å². The molecule has 4 rings (SSSR count). The third kappa shape index (κ3) is 3.46. The van der Waals surface area contributed by atoms with Crippen LogP contribution in [0.1, 0.15) is 46.9 Å². The van der Waals surface area contributed by atoms with Gasteiger partial charge in [-0.3, -0.25) is 0 Å². The summed E-state index contributed by atoms with van der Waals surface area (Å²) in [4.78, 5) is 11.8. The summed E-state index contributed by atoms with van der Waals surface area (Å²) in [6.07, 6.45) is 2.22. The Labute approximate surface area is 170 Å². The summed E-state index contributed by atoms with van der Waals surface area (Å²) < 4.78 is 7.09. The van der Waals surface area contributed by atoms with Crippen molar-refractivity contribution >= 4 is 17.5 Å². The van der Waals surface area contributed by atoms with Gasteiger partial charge in [-0.1, -0.05) is 25.1 Å². The Morgan fingerprint density at radius 3 is 2.45 bits per heavy atom. The molecule has 0 unspecified atom stereocenters. The van der Waals surface area contributed by atoms with E-state index >= 15 is 0 Å². The lowest BCUT2D eigenvalue weighted by Gasteiger charge is -2.15. The molecule has 1 aliphatic rings. The van der Waals surface area contributed by atoms with E-state index in [-0.39, 0.29) is 11.0 Å². The normalized spacial score (nSPS) is 14.5. The Hall–Kier alpha value is -3.28. The van der Waals surface area contributed by atoms with Crippen LogP contribution in [0.3, 0.4) is 0 Å². The molecular weight excluding hydrogens is 366 g/mol. The lowest BCUT2D eigenvalue weighted by Crippen LogP contribution is -2.09. The van der Waals surface area contributed by atoms with Gasteiger partial charge < -0.3 is 15.2 Å². The van der Waals surface area contributed by atoms with Crippen LogP contribution in [0, 0.1) is 13.8 Å². The van der Waals surface area contributed by atoms with Crippen LogP contribution in [0.25, 0.3) is 5.69 Å². The molecule has 1 fully saturated rings. The quantitative estimate of drug-likeness (QED) is 0.619. The number of aryl methyl sites for hydroxylation is 2. The van der Waals surface area contributed by atoms with Gasteiger partial charge in [0.05, 0.1) is 29.7 Å². The topological polar surface area (TPSA) is 76.4 Å². The number of hydrogen-bond donors (Lipinski definition) is 2. The predicted octanol–water partition coefficient (Wildman–Crippen LogP) is 4.99. The largest absolute Gasteiger partial charge is 0.497 e. The highest BCUT2D eigenvalue weighted by atomic mass is 16.5. The molecule has 0 aliphatic heterocycles. The highest BCUT2D eigenvalue weighted by Crippen LogP contribution is 2.48. The number of nitrogens with zero attached hydrogens (tertiary/aromatic N) is 2. The van der Waals surface area contributed by atoms with Gasteiger partial charge in [-0.05, 0) is 56.0 Å². The van der Waals surface area contributed by atoms with Gasteiger partial charge in [0.2, 0.25) is 0 Å². The van der Waals surface area contributed by atoms with Crippen molar-refractivity contribution < 1.29 is 14.6 Å². The van der Waals surface area contributed by atoms with Crippen molar-refractivity contribution in [2.75, 3.05) is 12.4 Å². The molecule has 1 heterocycles. The van der Waals surface area contributed by atoms with E-state index in [2.05, 4.69) is 38.2 Å². The zero-order valence-corrected chi connectivity index (χ0v) is 17.1. The summed E-state index contributed by atoms with van der Waals surface area (Å²) in [5, 5.41) is 17.9. The minimum Gasteiger partial charge on any atom is -0.497 e. The number of ether oxygens (including phenoxy) is 1. The van der Waals surface area contributed by atoms with Gasteiger partial charge in [-0.2, -0.15) is 5.10 Å². The number of rotatable bonds is 6. The van der Waals surface area contributed by atoms with Crippen LogP contribution in [-0.2, 0) is 5.41 Å². The van der Waals surface area contributed by atoms with Crippen molar-refractivity contribution in [2.45, 2.75) is 39.0 Å². The Morgan fingerprint density at radius 1 is 1.17 bits per heavy atom. The van der Waals surface area contributed by atoms with Gasteiger partial charge in [-0.15, -0.1) is 0 Å². The first-order valence-corrected chi connectivity index (χ1v) is 9.68. The fraction of sp³-hybridized carbons (Fsp3) is 0.304. The summed E-state index contributed by atoms with van der Waals surface area (Å²) >= 11 is 0. The Morgan fingerprint density at radius 2 is 1.86 bits per heavy atom. The molecule has 2 N–H and O–H groups in total. The van der Waals surface area contributed by atoms with E-state index in [9.17, 15) is 9.90 Å². The Kier molecular flexibility index (Phi) is 4.57. The first-order valence-electron chi connectivity index (χ1n) is 9.68. The molecular formula is C23H25N3O3. The zero-order chi connectivity index (χ0) is 20.8. The van der Waals surface area contributed by atoms with Crippen LogP contribution in [-0.4, -0.2) is 28.0 Å². The second-order valence-corrected chi connectivity index (χ2v) is 7.97. The van der Waals surface area contributed by atoms with Crippen molar-refractivity contribution in [3.05, 3.63) is 64.8 Å². The van der Waals surface area contributed by atoms with Crippen LogP contribution < -0.4 is 10.1 Å². The fourth-order valence-electron chi connectivity index (χ4n) is 3.59. The van der Waals surface area contributed by atoms with E-state index in [0.29, 0.717) is 11.4 Å². The molecule has 0 spiro atoms. The third-order valence-corrected chi connectivity index (χ3v) is 5.70. The Balaban J connectivity index is 1.84. The summed E-state index contributed by atoms with van der Waals surface area (Å²) in [6.45, 7) is 6.33. The molecule has 150 valence electrons. The van der Waals surface area contributed by atoms with Crippen molar-refractivity contribution in [2.24, 2.45) is 0 Å². The van der Waals surface area contributed by atoms with Crippen molar-refractivity contribution in [1.82, 2.24) is 9.78 Å². The third-order valence-electron chi connectivity index (χ3n) is 5.70. The smallest absolute Gasteiger partial charge is 0.337 e. The number of benzene rings is 2. The number of aromatic nitrogens is 2. The molecule has 0 atom stereocenters. The lowest BCUT2D eigenvalue weighted by atomic mass is 10.1. The van der Waals surface area contributed by atoms with E-state index in [4.69, 9.17) is 9.84 Å². The molecule has 2 aromatic carbocycles. The molecule has 3 aromatic rings. The van der Waals surface area contributed by atoms with Crippen LogP contribution in [0.15, 0.2) is 42.5 Å². The number of anilines is 2. The van der Waals surface area contributed by atoms with Crippen molar-refractivity contribution in [3.8, 4) is 11.4 Å². The number of carbonyl (C=O) groups is 1. The van der Waals surface area contributed by atoms with Crippen molar-refractivity contribution in [3.63, 3.8) is 0 Å². The number of methoxy groups -OCH3 is 1. The van der Waals surface area contributed by atoms with Crippen molar-refractivity contribution in [1.29, 1.82) is 0 Å². The SMILES string of the molecule is COc1ccc(Nc2cc(C3(C)CC3)nn2-c2c(C)cccc2C)c(C(=O)O)c1. The van der Waals surface area contributed by atoms with Gasteiger partial charge in [-0.25, -0.2) is 9.48 Å². The zero-order valence-electron chi connectivity index (χ0n) is 17.1. The number of nitrogens with one attached hydrogen (secondary N) is 1. The minimum atomic E-state index is -1.01. The molecule has 0 amide bonds. The summed E-state index contributed by atoms with van der Waals surface area (Å²) in [6, 6.07) is 13.2. The maximum atomic E-state index is 11.8. The molecule has 29 heavy (non-hydrogen) atoms. The van der Waals surface area contributed by atoms with E-state index in [1.54, 1.807) is 12.1 Å². The molecule has 6 heteroatoms. The van der Waals surface area contributed by atoms with Crippen LogP contribution >= 0.6 is 0 Å². The van der Waals surface area contributed by atoms with Gasteiger partial charge in [0.15, 0.2) is 0 Å². The van der Waals surface area contributed by atoms with E-state index in [1.807, 2.05) is 16.8 Å². The number of hydrogen-bond acceptors (Lipinski definition) is 4. The second-order valence-electron chi connectivity index (χ2n) is 7.97. The average Bonchev–Trinajstić information content (AvgIpc) is 3.30. The molecule has 0 saturated heterocycles. The second kappa shape index (κ2) is 6.95. The molecule has 0 bridgehead atoms. The monoisotopic (exact) mass is 391 g/mol. The number of para-hydroxylation sites is 1.